The van der Waals surface area contributed by atoms with Gasteiger partial charge in [0.1, 0.15) is 5.82 Å². The van der Waals surface area contributed by atoms with Crippen molar-refractivity contribution in [2.75, 3.05) is 0 Å². The molecule has 0 spiro atoms. The van der Waals surface area contributed by atoms with E-state index in [0.717, 1.165) is 0 Å². The topological polar surface area (TPSA) is 44.0 Å². The van der Waals surface area contributed by atoms with Crippen LogP contribution in [0.25, 0.3) is 0 Å². The first kappa shape index (κ1) is 12.2. The first-order valence-electron chi connectivity index (χ1n) is 4.43. The lowest BCUT2D eigenvalue weighted by atomic mass is 9.84. The maximum Gasteiger partial charge on any atom is 0.137 e. The van der Waals surface area contributed by atoms with Crippen LogP contribution >= 0.6 is 15.9 Å². The molecule has 15 heavy (non-hydrogen) atoms. The van der Waals surface area contributed by atoms with Crippen molar-refractivity contribution in [2.24, 2.45) is 5.41 Å². The van der Waals surface area contributed by atoms with Gasteiger partial charge >= 0.3 is 0 Å². The largest absolute Gasteiger partial charge is 0.387 e. The van der Waals surface area contributed by atoms with E-state index in [-0.39, 0.29) is 0 Å². The van der Waals surface area contributed by atoms with Crippen molar-refractivity contribution in [3.8, 4) is 6.07 Å². The van der Waals surface area contributed by atoms with Crippen molar-refractivity contribution in [1.29, 1.82) is 5.26 Å². The fraction of sp³-hybridized carbons (Fsp3) is 0.364. The lowest BCUT2D eigenvalue weighted by Gasteiger charge is -2.23. The van der Waals surface area contributed by atoms with Crippen LogP contribution in [0.1, 0.15) is 25.5 Å². The molecule has 0 heterocycles. The van der Waals surface area contributed by atoms with Crippen LogP contribution in [0.4, 0.5) is 4.39 Å². The third-order valence-electron chi connectivity index (χ3n) is 2.23. The summed E-state index contributed by atoms with van der Waals surface area (Å²) in [7, 11) is 0. The average Bonchev–Trinajstić information content (AvgIpc) is 2.21. The van der Waals surface area contributed by atoms with Gasteiger partial charge in [0.2, 0.25) is 0 Å². The minimum Gasteiger partial charge on any atom is -0.387 e. The van der Waals surface area contributed by atoms with Crippen LogP contribution in [0.2, 0.25) is 0 Å². The second-order valence-electron chi connectivity index (χ2n) is 3.91. The summed E-state index contributed by atoms with van der Waals surface area (Å²) in [4.78, 5) is 0. The molecule has 0 aromatic heterocycles. The van der Waals surface area contributed by atoms with Gasteiger partial charge in [-0.25, -0.2) is 4.39 Å². The van der Waals surface area contributed by atoms with E-state index in [1.807, 2.05) is 6.07 Å². The number of hydrogen-bond donors (Lipinski definition) is 1. The summed E-state index contributed by atoms with van der Waals surface area (Å²) in [5.41, 5.74) is -0.525. The molecule has 2 nitrogen and oxygen atoms in total. The van der Waals surface area contributed by atoms with Crippen LogP contribution in [0.15, 0.2) is 22.7 Å². The van der Waals surface area contributed by atoms with Crippen molar-refractivity contribution >= 4 is 15.9 Å². The lowest BCUT2D eigenvalue weighted by Crippen LogP contribution is -2.19. The van der Waals surface area contributed by atoms with Crippen LogP contribution in [0, 0.1) is 22.6 Å². The van der Waals surface area contributed by atoms with E-state index in [2.05, 4.69) is 15.9 Å². The third-order valence-corrected chi connectivity index (χ3v) is 2.87. The zero-order valence-corrected chi connectivity index (χ0v) is 10.0. The highest BCUT2D eigenvalue weighted by Crippen LogP contribution is 2.33. The second-order valence-corrected chi connectivity index (χ2v) is 4.76. The predicted molar refractivity (Wildman–Crippen MR) is 58.5 cm³/mol. The second kappa shape index (κ2) is 4.30. The zero-order valence-electron chi connectivity index (χ0n) is 8.46. The van der Waals surface area contributed by atoms with Crippen molar-refractivity contribution in [3.05, 3.63) is 34.1 Å². The van der Waals surface area contributed by atoms with Gasteiger partial charge in [0, 0.05) is 0 Å². The van der Waals surface area contributed by atoms with Crippen LogP contribution in [0.3, 0.4) is 0 Å². The summed E-state index contributed by atoms with van der Waals surface area (Å²) in [5.74, 6) is -0.444. The molecule has 1 atom stereocenters. The molecule has 1 N–H and O–H groups in total. The Morgan fingerprint density at radius 3 is 2.60 bits per heavy atom. The normalized spacial score (nSPS) is 13.3. The molecule has 0 aliphatic rings. The monoisotopic (exact) mass is 271 g/mol. The number of rotatable bonds is 2. The molecule has 1 rings (SSSR count). The first-order chi connectivity index (χ1) is 6.88. The number of nitriles is 1. The molecule has 0 saturated heterocycles. The minimum absolute atomic E-state index is 0.341. The molecule has 80 valence electrons. The molecule has 0 fully saturated rings. The molecular formula is C11H11BrFNO. The number of benzene rings is 1. The van der Waals surface area contributed by atoms with Crippen molar-refractivity contribution in [3.63, 3.8) is 0 Å². The third kappa shape index (κ3) is 2.55. The van der Waals surface area contributed by atoms with Crippen LogP contribution in [0.5, 0.6) is 0 Å². The molecule has 1 unspecified atom stereocenters. The van der Waals surface area contributed by atoms with Gasteiger partial charge in [0.05, 0.1) is 22.1 Å². The highest BCUT2D eigenvalue weighted by Gasteiger charge is 2.29. The molecule has 0 aliphatic carbocycles. The van der Waals surface area contributed by atoms with E-state index in [1.165, 1.54) is 12.1 Å². The van der Waals surface area contributed by atoms with Crippen LogP contribution in [-0.2, 0) is 0 Å². The summed E-state index contributed by atoms with van der Waals surface area (Å²) in [5, 5.41) is 18.7. The Balaban J connectivity index is 3.08. The molecule has 0 amide bonds. The van der Waals surface area contributed by atoms with Crippen molar-refractivity contribution in [2.45, 2.75) is 20.0 Å². The number of aliphatic hydroxyl groups excluding tert-OH is 1. The number of aliphatic hydroxyl groups is 1. The van der Waals surface area contributed by atoms with Crippen LogP contribution < -0.4 is 0 Å². The number of nitrogens with zero attached hydrogens (tertiary/aromatic N) is 1. The fourth-order valence-corrected chi connectivity index (χ4v) is 1.41. The van der Waals surface area contributed by atoms with Gasteiger partial charge in [-0.2, -0.15) is 5.26 Å². The summed E-state index contributed by atoms with van der Waals surface area (Å²) >= 11 is 3.02. The SMILES string of the molecule is CC(C)(C#N)C(O)c1ccc(Br)c(F)c1. The van der Waals surface area contributed by atoms with Crippen molar-refractivity contribution < 1.29 is 9.50 Å². The van der Waals surface area contributed by atoms with E-state index in [1.54, 1.807) is 19.9 Å². The summed E-state index contributed by atoms with van der Waals surface area (Å²) < 4.78 is 13.5. The van der Waals surface area contributed by atoms with Crippen LogP contribution in [-0.4, -0.2) is 5.11 Å². The lowest BCUT2D eigenvalue weighted by molar-refractivity contribution is 0.0864. The summed E-state index contributed by atoms with van der Waals surface area (Å²) in [6, 6.07) is 6.33. The Hall–Kier alpha value is -0.920. The molecule has 4 heteroatoms. The Bertz CT molecular complexity index is 412. The molecule has 1 aromatic carbocycles. The zero-order chi connectivity index (χ0) is 11.6. The van der Waals surface area contributed by atoms with E-state index in [0.29, 0.717) is 10.0 Å². The standard InChI is InChI=1S/C11H11BrFNO/c1-11(2,6-14)10(15)7-3-4-8(12)9(13)5-7/h3-5,10,15H,1-2H3. The number of hydrogen-bond acceptors (Lipinski definition) is 2. The summed E-state index contributed by atoms with van der Waals surface area (Å²) in [6.07, 6.45) is -0.995. The molecular weight excluding hydrogens is 261 g/mol. The molecule has 0 radical (unpaired) electrons. The molecule has 0 aliphatic heterocycles. The van der Waals surface area contributed by atoms with E-state index < -0.39 is 17.3 Å². The quantitative estimate of drug-likeness (QED) is 0.898. The highest BCUT2D eigenvalue weighted by atomic mass is 79.9. The van der Waals surface area contributed by atoms with Gasteiger partial charge < -0.3 is 5.11 Å². The maximum atomic E-state index is 13.2. The highest BCUT2D eigenvalue weighted by molar-refractivity contribution is 9.10. The van der Waals surface area contributed by atoms with E-state index in [4.69, 9.17) is 5.26 Å². The average molecular weight is 272 g/mol. The smallest absolute Gasteiger partial charge is 0.137 e. The van der Waals surface area contributed by atoms with Gasteiger partial charge in [-0.1, -0.05) is 6.07 Å². The Morgan fingerprint density at radius 2 is 2.13 bits per heavy atom. The Morgan fingerprint density at radius 1 is 1.53 bits per heavy atom. The Kier molecular flexibility index (Phi) is 3.48. The fourth-order valence-electron chi connectivity index (χ4n) is 1.16. The van der Waals surface area contributed by atoms with Crippen molar-refractivity contribution in [1.82, 2.24) is 0 Å². The minimum atomic E-state index is -0.995. The van der Waals surface area contributed by atoms with Gasteiger partial charge in [0.25, 0.3) is 0 Å². The van der Waals surface area contributed by atoms with E-state index in [9.17, 15) is 9.50 Å². The predicted octanol–water partition coefficient (Wildman–Crippen LogP) is 3.17. The molecule has 0 saturated carbocycles. The maximum absolute atomic E-state index is 13.2. The summed E-state index contributed by atoms with van der Waals surface area (Å²) in [6.45, 7) is 3.22. The van der Waals surface area contributed by atoms with E-state index >= 15 is 0 Å². The number of halogens is 2. The molecule has 0 bridgehead atoms. The van der Waals surface area contributed by atoms with Gasteiger partial charge in [0.15, 0.2) is 0 Å². The van der Waals surface area contributed by atoms with Gasteiger partial charge in [-0.05, 0) is 47.5 Å². The molecule has 1 aromatic rings. The Labute approximate surface area is 96.5 Å². The van der Waals surface area contributed by atoms with Gasteiger partial charge in [-0.15, -0.1) is 0 Å². The van der Waals surface area contributed by atoms with Gasteiger partial charge in [-0.3, -0.25) is 0 Å². The first-order valence-corrected chi connectivity index (χ1v) is 5.22.